The first-order valence-electron chi connectivity index (χ1n) is 5.62. The molecule has 0 aromatic carbocycles. The van der Waals surface area contributed by atoms with Gasteiger partial charge in [-0.2, -0.15) is 0 Å². The second kappa shape index (κ2) is 4.97. The molecule has 0 spiro atoms. The number of aliphatic hydroxyl groups is 1. The fourth-order valence-electron chi connectivity index (χ4n) is 2.43. The van der Waals surface area contributed by atoms with Crippen molar-refractivity contribution in [3.63, 3.8) is 0 Å². The van der Waals surface area contributed by atoms with Gasteiger partial charge in [0.25, 0.3) is 0 Å². The van der Waals surface area contributed by atoms with Crippen molar-refractivity contribution in [2.24, 2.45) is 11.7 Å². The normalized spacial score (nSPS) is 34.8. The van der Waals surface area contributed by atoms with Gasteiger partial charge in [0.2, 0.25) is 0 Å². The standard InChI is InChI=1S/C11H23NO/c1-2-3-10-4-6-11(13,7-5-10)8-9-12/h10,13H,2-9,12H2,1H3. The lowest BCUT2D eigenvalue weighted by atomic mass is 9.76. The van der Waals surface area contributed by atoms with Crippen LogP contribution in [0.2, 0.25) is 0 Å². The molecule has 0 unspecified atom stereocenters. The first-order valence-corrected chi connectivity index (χ1v) is 5.62. The molecule has 0 aromatic rings. The minimum atomic E-state index is -0.418. The van der Waals surface area contributed by atoms with Gasteiger partial charge < -0.3 is 10.8 Å². The summed E-state index contributed by atoms with van der Waals surface area (Å²) >= 11 is 0. The van der Waals surface area contributed by atoms with Crippen molar-refractivity contribution in [1.82, 2.24) is 0 Å². The molecule has 0 amide bonds. The molecule has 1 saturated carbocycles. The van der Waals surface area contributed by atoms with Gasteiger partial charge in [-0.05, 0) is 44.6 Å². The second-order valence-electron chi connectivity index (χ2n) is 4.50. The van der Waals surface area contributed by atoms with Gasteiger partial charge in [-0.15, -0.1) is 0 Å². The zero-order valence-electron chi connectivity index (χ0n) is 8.76. The molecule has 78 valence electrons. The molecule has 1 rings (SSSR count). The van der Waals surface area contributed by atoms with Gasteiger partial charge in [0.15, 0.2) is 0 Å². The lowest BCUT2D eigenvalue weighted by molar-refractivity contribution is -0.0153. The molecule has 0 aliphatic heterocycles. The zero-order valence-corrected chi connectivity index (χ0v) is 8.76. The molecule has 0 aromatic heterocycles. The molecule has 2 heteroatoms. The summed E-state index contributed by atoms with van der Waals surface area (Å²) in [6.07, 6.45) is 7.73. The van der Waals surface area contributed by atoms with Gasteiger partial charge in [0.05, 0.1) is 5.60 Å². The van der Waals surface area contributed by atoms with E-state index in [2.05, 4.69) is 6.92 Å². The Bertz CT molecular complexity index is 139. The Kier molecular flexibility index (Phi) is 4.20. The maximum Gasteiger partial charge on any atom is 0.0660 e. The lowest BCUT2D eigenvalue weighted by Crippen LogP contribution is -2.36. The van der Waals surface area contributed by atoms with Crippen molar-refractivity contribution < 1.29 is 5.11 Å². The SMILES string of the molecule is CCCC1CCC(O)(CCN)CC1. The van der Waals surface area contributed by atoms with Crippen molar-refractivity contribution in [3.8, 4) is 0 Å². The maximum absolute atomic E-state index is 10.1. The van der Waals surface area contributed by atoms with Crippen molar-refractivity contribution in [2.45, 2.75) is 57.5 Å². The molecule has 1 fully saturated rings. The fraction of sp³-hybridized carbons (Fsp3) is 1.00. The van der Waals surface area contributed by atoms with Gasteiger partial charge in [-0.25, -0.2) is 0 Å². The summed E-state index contributed by atoms with van der Waals surface area (Å²) in [6, 6.07) is 0. The molecular weight excluding hydrogens is 162 g/mol. The van der Waals surface area contributed by atoms with Gasteiger partial charge in [-0.1, -0.05) is 19.8 Å². The summed E-state index contributed by atoms with van der Waals surface area (Å²) in [4.78, 5) is 0. The highest BCUT2D eigenvalue weighted by molar-refractivity contribution is 4.85. The molecule has 0 atom stereocenters. The smallest absolute Gasteiger partial charge is 0.0660 e. The molecule has 1 aliphatic carbocycles. The number of hydrogen-bond acceptors (Lipinski definition) is 2. The van der Waals surface area contributed by atoms with E-state index in [0.717, 1.165) is 25.2 Å². The van der Waals surface area contributed by atoms with Crippen molar-refractivity contribution in [3.05, 3.63) is 0 Å². The Labute approximate surface area is 81.5 Å². The van der Waals surface area contributed by atoms with E-state index in [-0.39, 0.29) is 0 Å². The largest absolute Gasteiger partial charge is 0.390 e. The van der Waals surface area contributed by atoms with Crippen LogP contribution in [0.1, 0.15) is 51.9 Å². The highest BCUT2D eigenvalue weighted by Gasteiger charge is 2.31. The van der Waals surface area contributed by atoms with Crippen LogP contribution in [-0.2, 0) is 0 Å². The van der Waals surface area contributed by atoms with E-state index >= 15 is 0 Å². The van der Waals surface area contributed by atoms with Crippen molar-refractivity contribution in [2.75, 3.05) is 6.54 Å². The third-order valence-corrected chi connectivity index (χ3v) is 3.34. The minimum absolute atomic E-state index is 0.418. The topological polar surface area (TPSA) is 46.2 Å². The third-order valence-electron chi connectivity index (χ3n) is 3.34. The summed E-state index contributed by atoms with van der Waals surface area (Å²) in [5.74, 6) is 0.864. The summed E-state index contributed by atoms with van der Waals surface area (Å²) in [5, 5.41) is 10.1. The first-order chi connectivity index (χ1) is 6.20. The zero-order chi connectivity index (χ0) is 9.73. The summed E-state index contributed by atoms with van der Waals surface area (Å²) in [6.45, 7) is 2.86. The molecule has 0 bridgehead atoms. The van der Waals surface area contributed by atoms with Gasteiger partial charge in [0, 0.05) is 0 Å². The lowest BCUT2D eigenvalue weighted by Gasteiger charge is -2.35. The van der Waals surface area contributed by atoms with Crippen LogP contribution in [0.15, 0.2) is 0 Å². The van der Waals surface area contributed by atoms with Crippen LogP contribution in [-0.4, -0.2) is 17.3 Å². The van der Waals surface area contributed by atoms with Gasteiger partial charge in [0.1, 0.15) is 0 Å². The van der Waals surface area contributed by atoms with E-state index in [9.17, 15) is 5.11 Å². The second-order valence-corrected chi connectivity index (χ2v) is 4.50. The summed E-state index contributed by atoms with van der Waals surface area (Å²) in [7, 11) is 0. The summed E-state index contributed by atoms with van der Waals surface area (Å²) < 4.78 is 0. The van der Waals surface area contributed by atoms with Crippen molar-refractivity contribution >= 4 is 0 Å². The van der Waals surface area contributed by atoms with Crippen LogP contribution in [0.5, 0.6) is 0 Å². The Balaban J connectivity index is 2.28. The Morgan fingerprint density at radius 1 is 1.38 bits per heavy atom. The van der Waals surface area contributed by atoms with Crippen LogP contribution < -0.4 is 5.73 Å². The molecule has 3 N–H and O–H groups in total. The van der Waals surface area contributed by atoms with E-state index in [1.165, 1.54) is 25.7 Å². The van der Waals surface area contributed by atoms with E-state index in [4.69, 9.17) is 5.73 Å². The molecule has 0 saturated heterocycles. The molecule has 1 aliphatic rings. The predicted molar refractivity (Wildman–Crippen MR) is 55.5 cm³/mol. The average molecular weight is 185 g/mol. The quantitative estimate of drug-likeness (QED) is 0.704. The molecule has 2 nitrogen and oxygen atoms in total. The van der Waals surface area contributed by atoms with Crippen LogP contribution in [0.3, 0.4) is 0 Å². The highest BCUT2D eigenvalue weighted by atomic mass is 16.3. The monoisotopic (exact) mass is 185 g/mol. The molecule has 0 radical (unpaired) electrons. The van der Waals surface area contributed by atoms with Crippen LogP contribution in [0, 0.1) is 5.92 Å². The van der Waals surface area contributed by atoms with E-state index in [1.807, 2.05) is 0 Å². The Morgan fingerprint density at radius 3 is 2.46 bits per heavy atom. The van der Waals surface area contributed by atoms with Crippen molar-refractivity contribution in [1.29, 1.82) is 0 Å². The fourth-order valence-corrected chi connectivity index (χ4v) is 2.43. The van der Waals surface area contributed by atoms with Gasteiger partial charge in [-0.3, -0.25) is 0 Å². The predicted octanol–water partition coefficient (Wildman–Crippen LogP) is 2.06. The third kappa shape index (κ3) is 3.28. The number of rotatable bonds is 4. The molecule has 13 heavy (non-hydrogen) atoms. The Morgan fingerprint density at radius 2 is 2.00 bits per heavy atom. The maximum atomic E-state index is 10.1. The number of nitrogens with two attached hydrogens (primary N) is 1. The average Bonchev–Trinajstić information content (AvgIpc) is 2.10. The van der Waals surface area contributed by atoms with Crippen LogP contribution in [0.4, 0.5) is 0 Å². The van der Waals surface area contributed by atoms with E-state index in [0.29, 0.717) is 6.54 Å². The molecule has 0 heterocycles. The Hall–Kier alpha value is -0.0800. The molecular formula is C11H23NO. The number of hydrogen-bond donors (Lipinski definition) is 2. The summed E-state index contributed by atoms with van der Waals surface area (Å²) in [5.41, 5.74) is 5.06. The van der Waals surface area contributed by atoms with Crippen LogP contribution in [0.25, 0.3) is 0 Å². The van der Waals surface area contributed by atoms with Gasteiger partial charge >= 0.3 is 0 Å². The minimum Gasteiger partial charge on any atom is -0.390 e. The van der Waals surface area contributed by atoms with Crippen LogP contribution >= 0.6 is 0 Å². The first kappa shape index (κ1) is 11.0. The highest BCUT2D eigenvalue weighted by Crippen LogP contribution is 2.35. The van der Waals surface area contributed by atoms with E-state index < -0.39 is 5.60 Å². The van der Waals surface area contributed by atoms with E-state index in [1.54, 1.807) is 0 Å².